The highest BCUT2D eigenvalue weighted by atomic mass is 19.1. The molecule has 0 aliphatic heterocycles. The molecule has 18 heavy (non-hydrogen) atoms. The third-order valence-electron chi connectivity index (χ3n) is 2.71. The minimum Gasteiger partial charge on any atom is -0.492 e. The van der Waals surface area contributed by atoms with Crippen molar-refractivity contribution in [3.63, 3.8) is 0 Å². The molecule has 0 saturated heterocycles. The number of methoxy groups -OCH3 is 2. The smallest absolute Gasteiger partial charge is 0.312 e. The van der Waals surface area contributed by atoms with Crippen LogP contribution in [0.3, 0.4) is 0 Å². The van der Waals surface area contributed by atoms with E-state index in [4.69, 9.17) is 20.3 Å². The van der Waals surface area contributed by atoms with E-state index < -0.39 is 17.7 Å². The van der Waals surface area contributed by atoms with Crippen LogP contribution in [0.2, 0.25) is 0 Å². The molecule has 0 aromatic heterocycles. The van der Waals surface area contributed by atoms with Gasteiger partial charge in [-0.15, -0.1) is 0 Å². The van der Waals surface area contributed by atoms with Crippen molar-refractivity contribution in [3.05, 3.63) is 23.0 Å². The Morgan fingerprint density at radius 2 is 2.00 bits per heavy atom. The van der Waals surface area contributed by atoms with Crippen molar-refractivity contribution in [1.29, 1.82) is 0 Å². The second-order valence-corrected chi connectivity index (χ2v) is 3.79. The van der Waals surface area contributed by atoms with Crippen molar-refractivity contribution in [1.82, 2.24) is 0 Å². The monoisotopic (exact) mass is 257 g/mol. The Bertz CT molecular complexity index is 462. The lowest BCUT2D eigenvalue weighted by atomic mass is 9.96. The molecule has 1 atom stereocenters. The molecule has 0 aliphatic carbocycles. The second kappa shape index (κ2) is 5.68. The first-order chi connectivity index (χ1) is 8.47. The zero-order chi connectivity index (χ0) is 13.9. The fourth-order valence-electron chi connectivity index (χ4n) is 1.82. The van der Waals surface area contributed by atoms with Crippen LogP contribution in [0, 0.1) is 12.7 Å². The molecule has 1 aromatic carbocycles. The minimum absolute atomic E-state index is 0.000139. The average molecular weight is 257 g/mol. The maximum absolute atomic E-state index is 14.2. The topological polar surface area (TPSA) is 81.8 Å². The van der Waals surface area contributed by atoms with Crippen molar-refractivity contribution in [2.45, 2.75) is 12.8 Å². The molecular formula is C12H16FNO4. The lowest BCUT2D eigenvalue weighted by Gasteiger charge is -2.17. The number of nitrogens with two attached hydrogens (primary N) is 1. The Morgan fingerprint density at radius 3 is 2.39 bits per heavy atom. The fraction of sp³-hybridized carbons (Fsp3) is 0.417. The van der Waals surface area contributed by atoms with E-state index in [1.807, 2.05) is 0 Å². The van der Waals surface area contributed by atoms with Crippen LogP contribution in [0.1, 0.15) is 17.0 Å². The number of hydrogen-bond donors (Lipinski definition) is 2. The molecule has 1 aromatic rings. The highest BCUT2D eigenvalue weighted by Gasteiger charge is 2.27. The van der Waals surface area contributed by atoms with Crippen LogP contribution in [0.15, 0.2) is 6.07 Å². The summed E-state index contributed by atoms with van der Waals surface area (Å²) in [6, 6.07) is 1.42. The number of carboxylic acid groups (broad SMARTS) is 1. The summed E-state index contributed by atoms with van der Waals surface area (Å²) in [5.41, 5.74) is 5.96. The molecule has 0 heterocycles. The average Bonchev–Trinajstić information content (AvgIpc) is 2.32. The van der Waals surface area contributed by atoms with E-state index in [1.165, 1.54) is 20.3 Å². The Kier molecular flexibility index (Phi) is 4.49. The summed E-state index contributed by atoms with van der Waals surface area (Å²) < 4.78 is 24.1. The van der Waals surface area contributed by atoms with Crippen LogP contribution >= 0.6 is 0 Å². The van der Waals surface area contributed by atoms with Gasteiger partial charge in [0.05, 0.1) is 20.1 Å². The second-order valence-electron chi connectivity index (χ2n) is 3.79. The van der Waals surface area contributed by atoms with Crippen LogP contribution in [0.4, 0.5) is 4.39 Å². The Hall–Kier alpha value is -1.82. The van der Waals surface area contributed by atoms with Gasteiger partial charge in [0.15, 0.2) is 17.3 Å². The lowest BCUT2D eigenvalue weighted by molar-refractivity contribution is -0.138. The van der Waals surface area contributed by atoms with Gasteiger partial charge in [-0.3, -0.25) is 4.79 Å². The number of rotatable bonds is 5. The molecule has 0 spiro atoms. The van der Waals surface area contributed by atoms with E-state index in [-0.39, 0.29) is 23.6 Å². The van der Waals surface area contributed by atoms with Crippen molar-refractivity contribution in [2.24, 2.45) is 5.73 Å². The van der Waals surface area contributed by atoms with Gasteiger partial charge >= 0.3 is 5.97 Å². The summed E-state index contributed by atoms with van der Waals surface area (Å²) in [5, 5.41) is 9.01. The first-order valence-electron chi connectivity index (χ1n) is 5.31. The van der Waals surface area contributed by atoms with Gasteiger partial charge < -0.3 is 20.3 Å². The quantitative estimate of drug-likeness (QED) is 0.830. The maximum Gasteiger partial charge on any atom is 0.312 e. The predicted octanol–water partition coefficient (Wildman–Crippen LogP) is 1.28. The van der Waals surface area contributed by atoms with Crippen LogP contribution in [0.5, 0.6) is 11.5 Å². The van der Waals surface area contributed by atoms with Crippen molar-refractivity contribution in [2.75, 3.05) is 20.8 Å². The molecule has 0 bridgehead atoms. The summed E-state index contributed by atoms with van der Waals surface area (Å²) >= 11 is 0. The van der Waals surface area contributed by atoms with Crippen molar-refractivity contribution >= 4 is 5.97 Å². The SMILES string of the molecule is COc1c(C)cc(C(CN)C(=O)O)c(F)c1OC. The van der Waals surface area contributed by atoms with Gasteiger partial charge in [-0.05, 0) is 18.6 Å². The molecule has 0 radical (unpaired) electrons. The van der Waals surface area contributed by atoms with Gasteiger partial charge in [-0.2, -0.15) is 0 Å². The van der Waals surface area contributed by atoms with E-state index in [9.17, 15) is 9.18 Å². The summed E-state index contributed by atoms with van der Waals surface area (Å²) in [5.74, 6) is -2.89. The van der Waals surface area contributed by atoms with Crippen LogP contribution in [0.25, 0.3) is 0 Å². The molecule has 0 amide bonds. The Balaban J connectivity index is 3.47. The van der Waals surface area contributed by atoms with Crippen molar-refractivity contribution < 1.29 is 23.8 Å². The van der Waals surface area contributed by atoms with Crippen LogP contribution in [-0.2, 0) is 4.79 Å². The summed E-state index contributed by atoms with van der Waals surface area (Å²) in [7, 11) is 2.68. The number of benzene rings is 1. The maximum atomic E-state index is 14.2. The number of hydrogen-bond acceptors (Lipinski definition) is 4. The number of aliphatic carboxylic acids is 1. The van der Waals surface area contributed by atoms with Gasteiger partial charge in [-0.25, -0.2) is 4.39 Å². The highest BCUT2D eigenvalue weighted by molar-refractivity contribution is 5.77. The lowest BCUT2D eigenvalue weighted by Crippen LogP contribution is -2.22. The first kappa shape index (κ1) is 14.2. The molecule has 5 nitrogen and oxygen atoms in total. The molecule has 0 saturated carbocycles. The molecule has 0 fully saturated rings. The number of halogens is 1. The van der Waals surface area contributed by atoms with E-state index >= 15 is 0 Å². The standard InChI is InChI=1S/C12H16FNO4/c1-6-4-7(8(5-14)12(15)16)9(13)11(18-3)10(6)17-2/h4,8H,5,14H2,1-3H3,(H,15,16). The molecule has 0 aliphatic rings. The highest BCUT2D eigenvalue weighted by Crippen LogP contribution is 2.37. The Labute approximate surface area is 104 Å². The van der Waals surface area contributed by atoms with E-state index in [2.05, 4.69) is 0 Å². The van der Waals surface area contributed by atoms with Gasteiger partial charge in [0.1, 0.15) is 0 Å². The van der Waals surface area contributed by atoms with Gasteiger partial charge in [0.2, 0.25) is 0 Å². The first-order valence-corrected chi connectivity index (χ1v) is 5.31. The third kappa shape index (κ3) is 2.38. The normalized spacial score (nSPS) is 12.1. The van der Waals surface area contributed by atoms with Crippen LogP contribution in [-0.4, -0.2) is 31.8 Å². The van der Waals surface area contributed by atoms with Gasteiger partial charge in [0.25, 0.3) is 0 Å². The largest absolute Gasteiger partial charge is 0.492 e. The minimum atomic E-state index is -1.18. The van der Waals surface area contributed by atoms with Crippen molar-refractivity contribution in [3.8, 4) is 11.5 Å². The summed E-state index contributed by atoms with van der Waals surface area (Å²) in [6.45, 7) is 1.49. The zero-order valence-electron chi connectivity index (χ0n) is 10.5. The molecule has 1 unspecified atom stereocenters. The fourth-order valence-corrected chi connectivity index (χ4v) is 1.82. The predicted molar refractivity (Wildman–Crippen MR) is 63.7 cm³/mol. The molecule has 1 rings (SSSR count). The number of aryl methyl sites for hydroxylation is 1. The van der Waals surface area contributed by atoms with Gasteiger partial charge in [0, 0.05) is 12.1 Å². The molecule has 100 valence electrons. The molecule has 3 N–H and O–H groups in total. The van der Waals surface area contributed by atoms with E-state index in [0.717, 1.165) is 0 Å². The third-order valence-corrected chi connectivity index (χ3v) is 2.71. The number of carboxylic acids is 1. The van der Waals surface area contributed by atoms with Crippen LogP contribution < -0.4 is 15.2 Å². The number of ether oxygens (including phenoxy) is 2. The molecule has 6 heteroatoms. The zero-order valence-corrected chi connectivity index (χ0v) is 10.5. The van der Waals surface area contributed by atoms with E-state index in [1.54, 1.807) is 6.92 Å². The Morgan fingerprint density at radius 1 is 1.44 bits per heavy atom. The number of carbonyl (C=O) groups is 1. The van der Waals surface area contributed by atoms with E-state index in [0.29, 0.717) is 5.56 Å². The summed E-state index contributed by atoms with van der Waals surface area (Å²) in [4.78, 5) is 11.0. The van der Waals surface area contributed by atoms with Gasteiger partial charge in [-0.1, -0.05) is 0 Å². The summed E-state index contributed by atoms with van der Waals surface area (Å²) in [6.07, 6.45) is 0. The molecular weight excluding hydrogens is 241 g/mol.